The number of fused-ring (bicyclic) bond motifs is 1. The number of ketones is 2. The van der Waals surface area contributed by atoms with Gasteiger partial charge in [-0.25, -0.2) is 4.79 Å². The van der Waals surface area contributed by atoms with E-state index in [1.807, 2.05) is 0 Å². The van der Waals surface area contributed by atoms with Crippen LogP contribution in [0.15, 0.2) is 72.9 Å². The van der Waals surface area contributed by atoms with E-state index in [1.54, 1.807) is 84.3 Å². The highest BCUT2D eigenvalue weighted by molar-refractivity contribution is 6.24. The van der Waals surface area contributed by atoms with E-state index < -0.39 is 17.5 Å². The summed E-state index contributed by atoms with van der Waals surface area (Å²) in [5, 5.41) is 0. The van der Waals surface area contributed by atoms with Crippen LogP contribution in [0.5, 0.6) is 11.5 Å². The summed E-state index contributed by atoms with van der Waals surface area (Å²) in [5.74, 6) is -0.608. The number of hydrogen-bond donors (Lipinski definition) is 0. The van der Waals surface area contributed by atoms with Crippen LogP contribution in [-0.4, -0.2) is 42.8 Å². The van der Waals surface area contributed by atoms with Crippen molar-refractivity contribution < 1.29 is 28.6 Å². The van der Waals surface area contributed by atoms with Crippen LogP contribution in [0.3, 0.4) is 0 Å². The Morgan fingerprint density at radius 3 is 1.97 bits per heavy atom. The van der Waals surface area contributed by atoms with Gasteiger partial charge in [0.25, 0.3) is 0 Å². The van der Waals surface area contributed by atoms with Gasteiger partial charge in [0.15, 0.2) is 5.78 Å². The predicted molar refractivity (Wildman–Crippen MR) is 126 cm³/mol. The first kappa shape index (κ1) is 22.8. The van der Waals surface area contributed by atoms with E-state index in [0.717, 1.165) is 0 Å². The molecule has 0 saturated carbocycles. The first-order chi connectivity index (χ1) is 16.5. The fraction of sp³-hybridized carbons (Fsp3) is 0.148. The van der Waals surface area contributed by atoms with Crippen LogP contribution in [0.2, 0.25) is 0 Å². The zero-order chi connectivity index (χ0) is 24.2. The normalized spacial score (nSPS) is 10.7. The Kier molecular flexibility index (Phi) is 6.45. The fourth-order valence-corrected chi connectivity index (χ4v) is 3.87. The van der Waals surface area contributed by atoms with E-state index in [9.17, 15) is 14.4 Å². The third kappa shape index (κ3) is 4.03. The lowest BCUT2D eigenvalue weighted by molar-refractivity contribution is 0.0521. The number of carbonyl (C=O) groups excluding carboxylic acids is 3. The Balaban J connectivity index is 2.01. The number of esters is 1. The van der Waals surface area contributed by atoms with E-state index in [0.29, 0.717) is 28.1 Å². The number of rotatable bonds is 8. The molecule has 7 nitrogen and oxygen atoms in total. The summed E-state index contributed by atoms with van der Waals surface area (Å²) in [7, 11) is 3.01. The van der Waals surface area contributed by atoms with Crippen LogP contribution in [-0.2, 0) is 4.74 Å². The van der Waals surface area contributed by atoms with Gasteiger partial charge in [-0.15, -0.1) is 0 Å². The van der Waals surface area contributed by atoms with E-state index in [4.69, 9.17) is 14.2 Å². The molecule has 0 bridgehead atoms. The van der Waals surface area contributed by atoms with Crippen molar-refractivity contribution >= 4 is 23.1 Å². The van der Waals surface area contributed by atoms with E-state index in [-0.39, 0.29) is 23.4 Å². The minimum Gasteiger partial charge on any atom is -0.497 e. The van der Waals surface area contributed by atoms with Gasteiger partial charge in [0, 0.05) is 17.3 Å². The zero-order valence-electron chi connectivity index (χ0n) is 19.0. The van der Waals surface area contributed by atoms with Gasteiger partial charge in [0.1, 0.15) is 22.8 Å². The third-order valence-electron chi connectivity index (χ3n) is 5.43. The molecule has 2 aromatic carbocycles. The van der Waals surface area contributed by atoms with Crippen molar-refractivity contribution in [2.75, 3.05) is 20.8 Å². The molecule has 2 heterocycles. The van der Waals surface area contributed by atoms with Crippen LogP contribution >= 0.6 is 0 Å². The molecule has 0 aliphatic heterocycles. The van der Waals surface area contributed by atoms with Crippen LogP contribution in [0.1, 0.15) is 49.3 Å². The first-order valence-corrected chi connectivity index (χ1v) is 10.7. The summed E-state index contributed by atoms with van der Waals surface area (Å²) in [6.07, 6.45) is 1.65. The van der Waals surface area contributed by atoms with Crippen molar-refractivity contribution in [1.29, 1.82) is 0 Å². The largest absolute Gasteiger partial charge is 0.497 e. The highest BCUT2D eigenvalue weighted by Crippen LogP contribution is 2.30. The number of nitrogens with zero attached hydrogens (tertiary/aromatic N) is 1. The molecule has 4 rings (SSSR count). The molecule has 0 aliphatic carbocycles. The van der Waals surface area contributed by atoms with Crippen LogP contribution in [0, 0.1) is 0 Å². The van der Waals surface area contributed by atoms with Gasteiger partial charge >= 0.3 is 5.97 Å². The number of ether oxygens (including phenoxy) is 3. The minimum absolute atomic E-state index is 0.0496. The lowest BCUT2D eigenvalue weighted by Crippen LogP contribution is -2.16. The zero-order valence-corrected chi connectivity index (χ0v) is 19.0. The van der Waals surface area contributed by atoms with Gasteiger partial charge in [-0.3, -0.25) is 9.59 Å². The fourth-order valence-electron chi connectivity index (χ4n) is 3.87. The Morgan fingerprint density at radius 2 is 1.38 bits per heavy atom. The lowest BCUT2D eigenvalue weighted by Gasteiger charge is -2.08. The lowest BCUT2D eigenvalue weighted by atomic mass is 9.97. The second kappa shape index (κ2) is 9.62. The standard InChI is InChI=1S/C27H23NO6/c1-4-34-27(31)23-22(25(29)17-9-7-11-19(15-17)32-2)21-13-5-6-14-28(21)24(23)26(30)18-10-8-12-20(16-18)33-3/h5-16H,4H2,1-3H3. The van der Waals surface area contributed by atoms with Crippen molar-refractivity contribution in [3.63, 3.8) is 0 Å². The molecule has 2 aromatic heterocycles. The number of carbonyl (C=O) groups is 3. The Labute approximate surface area is 196 Å². The van der Waals surface area contributed by atoms with Gasteiger partial charge in [-0.1, -0.05) is 30.3 Å². The summed E-state index contributed by atoms with van der Waals surface area (Å²) in [6.45, 7) is 1.76. The maximum absolute atomic E-state index is 13.7. The summed E-state index contributed by atoms with van der Waals surface area (Å²) < 4.78 is 17.4. The van der Waals surface area contributed by atoms with Gasteiger partial charge in [0.2, 0.25) is 5.78 Å². The number of benzene rings is 2. The molecule has 0 amide bonds. The molecule has 34 heavy (non-hydrogen) atoms. The molecular formula is C27H23NO6. The summed E-state index contributed by atoms with van der Waals surface area (Å²) in [4.78, 5) is 40.6. The average molecular weight is 457 g/mol. The molecule has 0 aliphatic rings. The summed E-state index contributed by atoms with van der Waals surface area (Å²) in [5.41, 5.74) is 1.13. The molecule has 0 saturated heterocycles. The Bertz CT molecular complexity index is 1310. The van der Waals surface area contributed by atoms with Gasteiger partial charge < -0.3 is 18.6 Å². The van der Waals surface area contributed by atoms with Gasteiger partial charge in [0.05, 0.1) is 31.9 Å². The molecule has 7 heteroatoms. The minimum atomic E-state index is -0.747. The quantitative estimate of drug-likeness (QED) is 0.284. The molecule has 0 unspecified atom stereocenters. The topological polar surface area (TPSA) is 83.3 Å². The Hall–Kier alpha value is -4.39. The maximum atomic E-state index is 13.7. The third-order valence-corrected chi connectivity index (χ3v) is 5.43. The molecule has 0 spiro atoms. The molecule has 0 N–H and O–H groups in total. The van der Waals surface area contributed by atoms with Crippen molar-refractivity contribution in [2.45, 2.75) is 6.92 Å². The molecule has 0 fully saturated rings. The van der Waals surface area contributed by atoms with E-state index in [2.05, 4.69) is 0 Å². The van der Waals surface area contributed by atoms with Crippen molar-refractivity contribution in [2.24, 2.45) is 0 Å². The number of pyridine rings is 1. The second-order valence-corrected chi connectivity index (χ2v) is 7.40. The van der Waals surface area contributed by atoms with Crippen LogP contribution < -0.4 is 9.47 Å². The SMILES string of the molecule is CCOC(=O)c1c(C(=O)c2cccc(OC)c2)c2ccccn2c1C(=O)c1cccc(OC)c1. The molecule has 172 valence electrons. The molecular weight excluding hydrogens is 434 g/mol. The second-order valence-electron chi connectivity index (χ2n) is 7.40. The maximum Gasteiger partial charge on any atom is 0.341 e. The first-order valence-electron chi connectivity index (χ1n) is 10.7. The number of aromatic nitrogens is 1. The van der Waals surface area contributed by atoms with E-state index in [1.165, 1.54) is 14.2 Å². The number of hydrogen-bond acceptors (Lipinski definition) is 6. The molecule has 0 atom stereocenters. The van der Waals surface area contributed by atoms with Crippen LogP contribution in [0.4, 0.5) is 0 Å². The van der Waals surface area contributed by atoms with Crippen molar-refractivity contribution in [3.05, 3.63) is 101 Å². The number of methoxy groups -OCH3 is 2. The van der Waals surface area contributed by atoms with Crippen LogP contribution in [0.25, 0.3) is 5.52 Å². The molecule has 0 radical (unpaired) electrons. The van der Waals surface area contributed by atoms with Gasteiger partial charge in [-0.05, 0) is 43.3 Å². The van der Waals surface area contributed by atoms with Crippen molar-refractivity contribution in [1.82, 2.24) is 4.40 Å². The summed E-state index contributed by atoms with van der Waals surface area (Å²) >= 11 is 0. The molecule has 4 aromatic rings. The average Bonchev–Trinajstić information content (AvgIpc) is 3.23. The van der Waals surface area contributed by atoms with E-state index >= 15 is 0 Å². The predicted octanol–water partition coefficient (Wildman–Crippen LogP) is 4.60. The Morgan fingerprint density at radius 1 is 0.765 bits per heavy atom. The van der Waals surface area contributed by atoms with Crippen molar-refractivity contribution in [3.8, 4) is 11.5 Å². The smallest absolute Gasteiger partial charge is 0.341 e. The van der Waals surface area contributed by atoms with Gasteiger partial charge in [-0.2, -0.15) is 0 Å². The highest BCUT2D eigenvalue weighted by atomic mass is 16.5. The summed E-state index contributed by atoms with van der Waals surface area (Å²) in [6, 6.07) is 18.4. The monoisotopic (exact) mass is 457 g/mol. The highest BCUT2D eigenvalue weighted by Gasteiger charge is 2.33.